The Morgan fingerprint density at radius 1 is 1.62 bits per heavy atom. The van der Waals surface area contributed by atoms with Crippen LogP contribution in [0.2, 0.25) is 0 Å². The van der Waals surface area contributed by atoms with Crippen molar-refractivity contribution in [1.29, 1.82) is 0 Å². The summed E-state index contributed by atoms with van der Waals surface area (Å²) in [5, 5.41) is 7.82. The van der Waals surface area contributed by atoms with Gasteiger partial charge in [0.1, 0.15) is 0 Å². The Morgan fingerprint density at radius 2 is 2.50 bits per heavy atom. The molecule has 0 aliphatic carbocycles. The Kier molecular flexibility index (Phi) is 3.96. The lowest BCUT2D eigenvalue weighted by Crippen LogP contribution is -2.34. The Morgan fingerprint density at radius 3 is 3.12 bits per heavy atom. The zero-order chi connectivity index (χ0) is 11.4. The molecule has 0 amide bonds. The fourth-order valence-electron chi connectivity index (χ4n) is 2.33. The van der Waals surface area contributed by atoms with Crippen LogP contribution in [0, 0.1) is 0 Å². The number of aryl methyl sites for hydroxylation is 1. The molecule has 0 aromatic carbocycles. The maximum Gasteiger partial charge on any atom is 0.0534 e. The molecule has 2 heterocycles. The standard InChI is InChI=1S/C12H22N4/c1-3-16-9-11(7-14-16)8-15(2)10-12-5-4-6-13-12/h7,9,12-13H,3-6,8,10H2,1-2H3. The first-order valence-corrected chi connectivity index (χ1v) is 6.21. The number of hydrogen-bond acceptors (Lipinski definition) is 3. The zero-order valence-electron chi connectivity index (χ0n) is 10.3. The Hall–Kier alpha value is -0.870. The van der Waals surface area contributed by atoms with Crippen LogP contribution in [0.5, 0.6) is 0 Å². The van der Waals surface area contributed by atoms with E-state index in [2.05, 4.69) is 35.5 Å². The Labute approximate surface area is 97.6 Å². The van der Waals surface area contributed by atoms with E-state index in [1.807, 2.05) is 10.9 Å². The summed E-state index contributed by atoms with van der Waals surface area (Å²) in [6.07, 6.45) is 6.76. The van der Waals surface area contributed by atoms with Gasteiger partial charge in [-0.05, 0) is 33.4 Å². The van der Waals surface area contributed by atoms with Gasteiger partial charge < -0.3 is 10.2 Å². The maximum atomic E-state index is 4.29. The minimum atomic E-state index is 0.686. The van der Waals surface area contributed by atoms with Crippen molar-refractivity contribution in [2.45, 2.75) is 38.9 Å². The first-order valence-electron chi connectivity index (χ1n) is 6.21. The first kappa shape index (κ1) is 11.6. The van der Waals surface area contributed by atoms with Crippen molar-refractivity contribution in [2.75, 3.05) is 20.1 Å². The molecule has 1 fully saturated rings. The lowest BCUT2D eigenvalue weighted by Gasteiger charge is -2.20. The second-order valence-electron chi connectivity index (χ2n) is 4.69. The Bertz CT molecular complexity index is 315. The van der Waals surface area contributed by atoms with Gasteiger partial charge in [0, 0.05) is 37.4 Å². The third-order valence-electron chi connectivity index (χ3n) is 3.16. The molecule has 90 valence electrons. The van der Waals surface area contributed by atoms with E-state index < -0.39 is 0 Å². The number of nitrogens with zero attached hydrogens (tertiary/aromatic N) is 3. The van der Waals surface area contributed by atoms with E-state index in [1.54, 1.807) is 0 Å². The highest BCUT2D eigenvalue weighted by atomic mass is 15.3. The number of hydrogen-bond donors (Lipinski definition) is 1. The van der Waals surface area contributed by atoms with Crippen LogP contribution >= 0.6 is 0 Å². The van der Waals surface area contributed by atoms with Crippen molar-refractivity contribution in [2.24, 2.45) is 0 Å². The lowest BCUT2D eigenvalue weighted by atomic mass is 10.2. The zero-order valence-corrected chi connectivity index (χ0v) is 10.3. The summed E-state index contributed by atoms with van der Waals surface area (Å²) in [4.78, 5) is 2.38. The number of nitrogens with one attached hydrogen (secondary N) is 1. The van der Waals surface area contributed by atoms with Gasteiger partial charge >= 0.3 is 0 Å². The summed E-state index contributed by atoms with van der Waals surface area (Å²) < 4.78 is 1.98. The molecular weight excluding hydrogens is 200 g/mol. The SMILES string of the molecule is CCn1cc(CN(C)CC2CCCN2)cn1. The van der Waals surface area contributed by atoms with Gasteiger partial charge in [-0.2, -0.15) is 5.10 Å². The lowest BCUT2D eigenvalue weighted by molar-refractivity contribution is 0.293. The van der Waals surface area contributed by atoms with E-state index in [0.29, 0.717) is 6.04 Å². The van der Waals surface area contributed by atoms with Crippen molar-refractivity contribution in [1.82, 2.24) is 20.0 Å². The normalized spacial score (nSPS) is 20.8. The fourth-order valence-corrected chi connectivity index (χ4v) is 2.33. The van der Waals surface area contributed by atoms with Crippen molar-refractivity contribution in [3.8, 4) is 0 Å². The van der Waals surface area contributed by atoms with E-state index in [1.165, 1.54) is 24.9 Å². The van der Waals surface area contributed by atoms with Crippen LogP contribution in [0.4, 0.5) is 0 Å². The van der Waals surface area contributed by atoms with Crippen molar-refractivity contribution >= 4 is 0 Å². The number of likely N-dealkylation sites (N-methyl/N-ethyl adjacent to an activating group) is 1. The van der Waals surface area contributed by atoms with E-state index in [0.717, 1.165) is 19.6 Å². The predicted octanol–water partition coefficient (Wildman–Crippen LogP) is 1.09. The topological polar surface area (TPSA) is 33.1 Å². The molecule has 0 bridgehead atoms. The van der Waals surface area contributed by atoms with Gasteiger partial charge in [0.15, 0.2) is 0 Å². The summed E-state index contributed by atoms with van der Waals surface area (Å²) in [6, 6.07) is 0.686. The van der Waals surface area contributed by atoms with Gasteiger partial charge in [-0.3, -0.25) is 4.68 Å². The number of aromatic nitrogens is 2. The largest absolute Gasteiger partial charge is 0.313 e. The second-order valence-corrected chi connectivity index (χ2v) is 4.69. The van der Waals surface area contributed by atoms with Gasteiger partial charge in [-0.15, -0.1) is 0 Å². The van der Waals surface area contributed by atoms with Gasteiger partial charge in [0.2, 0.25) is 0 Å². The molecule has 0 spiro atoms. The van der Waals surface area contributed by atoms with Crippen LogP contribution in [0.3, 0.4) is 0 Å². The van der Waals surface area contributed by atoms with E-state index in [9.17, 15) is 0 Å². The Balaban J connectivity index is 1.79. The summed E-state index contributed by atoms with van der Waals surface area (Å²) in [7, 11) is 2.18. The first-order chi connectivity index (χ1) is 7.78. The third-order valence-corrected chi connectivity index (χ3v) is 3.16. The van der Waals surface area contributed by atoms with Crippen LogP contribution in [-0.2, 0) is 13.1 Å². The minimum absolute atomic E-state index is 0.686. The molecule has 1 atom stereocenters. The predicted molar refractivity (Wildman–Crippen MR) is 65.3 cm³/mol. The monoisotopic (exact) mass is 222 g/mol. The smallest absolute Gasteiger partial charge is 0.0534 e. The average Bonchev–Trinajstić information content (AvgIpc) is 2.89. The van der Waals surface area contributed by atoms with Gasteiger partial charge in [0.05, 0.1) is 6.20 Å². The van der Waals surface area contributed by atoms with E-state index in [-0.39, 0.29) is 0 Å². The highest BCUT2D eigenvalue weighted by Crippen LogP contribution is 2.08. The van der Waals surface area contributed by atoms with E-state index >= 15 is 0 Å². The molecule has 4 nitrogen and oxygen atoms in total. The van der Waals surface area contributed by atoms with Gasteiger partial charge in [0.25, 0.3) is 0 Å². The molecule has 2 rings (SSSR count). The van der Waals surface area contributed by atoms with Crippen molar-refractivity contribution < 1.29 is 0 Å². The highest BCUT2D eigenvalue weighted by molar-refractivity contribution is 5.03. The molecular formula is C12H22N4. The van der Waals surface area contributed by atoms with Gasteiger partial charge in [-0.1, -0.05) is 0 Å². The molecule has 1 N–H and O–H groups in total. The van der Waals surface area contributed by atoms with E-state index in [4.69, 9.17) is 0 Å². The molecule has 1 aromatic heterocycles. The molecule has 1 aliphatic rings. The fraction of sp³-hybridized carbons (Fsp3) is 0.750. The summed E-state index contributed by atoms with van der Waals surface area (Å²) in [5.74, 6) is 0. The van der Waals surface area contributed by atoms with Crippen LogP contribution in [0.25, 0.3) is 0 Å². The van der Waals surface area contributed by atoms with Crippen LogP contribution in [0.1, 0.15) is 25.3 Å². The average molecular weight is 222 g/mol. The molecule has 16 heavy (non-hydrogen) atoms. The summed E-state index contributed by atoms with van der Waals surface area (Å²) in [6.45, 7) is 6.39. The molecule has 0 radical (unpaired) electrons. The van der Waals surface area contributed by atoms with Crippen LogP contribution in [-0.4, -0.2) is 40.9 Å². The van der Waals surface area contributed by atoms with Crippen LogP contribution in [0.15, 0.2) is 12.4 Å². The van der Waals surface area contributed by atoms with Crippen molar-refractivity contribution in [3.05, 3.63) is 18.0 Å². The summed E-state index contributed by atoms with van der Waals surface area (Å²) in [5.41, 5.74) is 1.31. The molecule has 1 aromatic rings. The second kappa shape index (κ2) is 5.46. The highest BCUT2D eigenvalue weighted by Gasteiger charge is 2.15. The summed E-state index contributed by atoms with van der Waals surface area (Å²) >= 11 is 0. The third kappa shape index (κ3) is 3.06. The van der Waals surface area contributed by atoms with Crippen LogP contribution < -0.4 is 5.32 Å². The minimum Gasteiger partial charge on any atom is -0.313 e. The molecule has 1 aliphatic heterocycles. The van der Waals surface area contributed by atoms with Gasteiger partial charge in [-0.25, -0.2) is 0 Å². The molecule has 1 saturated heterocycles. The molecule has 0 saturated carbocycles. The molecule has 1 unspecified atom stereocenters. The number of rotatable bonds is 5. The maximum absolute atomic E-state index is 4.29. The quantitative estimate of drug-likeness (QED) is 0.809. The molecule has 4 heteroatoms. The van der Waals surface area contributed by atoms with Crippen molar-refractivity contribution in [3.63, 3.8) is 0 Å².